The van der Waals surface area contributed by atoms with E-state index in [1.807, 2.05) is 43.3 Å². The van der Waals surface area contributed by atoms with E-state index in [9.17, 15) is 0 Å². The zero-order valence-corrected chi connectivity index (χ0v) is 10.5. The fourth-order valence-electron chi connectivity index (χ4n) is 1.91. The van der Waals surface area contributed by atoms with Crippen molar-refractivity contribution >= 4 is 16.7 Å². The van der Waals surface area contributed by atoms with Gasteiger partial charge in [-0.05, 0) is 30.7 Å². The van der Waals surface area contributed by atoms with E-state index in [1.165, 1.54) is 0 Å². The number of nitrogens with zero attached hydrogens (tertiary/aromatic N) is 2. The number of benzene rings is 2. The Kier molecular flexibility index (Phi) is 2.76. The molecule has 94 valence electrons. The molecule has 1 heterocycles. The molecule has 0 saturated heterocycles. The summed E-state index contributed by atoms with van der Waals surface area (Å²) >= 11 is 0. The second-order valence-corrected chi connectivity index (χ2v) is 4.29. The minimum Gasteiger partial charge on any atom is -0.435 e. The summed E-state index contributed by atoms with van der Waals surface area (Å²) in [7, 11) is 0. The number of aryl methyl sites for hydroxylation is 1. The average molecular weight is 251 g/mol. The van der Waals surface area contributed by atoms with E-state index in [0.29, 0.717) is 17.3 Å². The van der Waals surface area contributed by atoms with Gasteiger partial charge in [-0.2, -0.15) is 0 Å². The molecule has 2 aromatic carbocycles. The first-order chi connectivity index (χ1) is 9.24. The van der Waals surface area contributed by atoms with Crippen LogP contribution in [0, 0.1) is 6.92 Å². The maximum atomic E-state index is 5.91. The van der Waals surface area contributed by atoms with Gasteiger partial charge in [-0.1, -0.05) is 24.3 Å². The molecular formula is C15H13N3O. The van der Waals surface area contributed by atoms with Gasteiger partial charge in [0.2, 0.25) is 5.88 Å². The highest BCUT2D eigenvalue weighted by atomic mass is 16.5. The van der Waals surface area contributed by atoms with Crippen LogP contribution in [0.4, 0.5) is 5.69 Å². The van der Waals surface area contributed by atoms with Gasteiger partial charge >= 0.3 is 0 Å². The molecule has 0 saturated carbocycles. The van der Waals surface area contributed by atoms with Crippen molar-refractivity contribution < 1.29 is 4.74 Å². The molecule has 4 heteroatoms. The van der Waals surface area contributed by atoms with Gasteiger partial charge in [0.25, 0.3) is 0 Å². The highest BCUT2D eigenvalue weighted by Gasteiger charge is 2.07. The number of para-hydroxylation sites is 3. The molecule has 0 aliphatic heterocycles. The first-order valence-corrected chi connectivity index (χ1v) is 5.99. The minimum atomic E-state index is 0.444. The second-order valence-electron chi connectivity index (χ2n) is 4.29. The van der Waals surface area contributed by atoms with Crippen molar-refractivity contribution in [1.82, 2.24) is 9.97 Å². The summed E-state index contributed by atoms with van der Waals surface area (Å²) in [6.45, 7) is 1.94. The Morgan fingerprint density at radius 1 is 1.00 bits per heavy atom. The molecule has 0 amide bonds. The summed E-state index contributed by atoms with van der Waals surface area (Å²) in [5.74, 6) is 1.08. The zero-order chi connectivity index (χ0) is 13.2. The molecule has 0 fully saturated rings. The van der Waals surface area contributed by atoms with E-state index in [2.05, 4.69) is 9.97 Å². The van der Waals surface area contributed by atoms with Crippen LogP contribution in [0.3, 0.4) is 0 Å². The number of hydrogen-bond acceptors (Lipinski definition) is 4. The average Bonchev–Trinajstić information content (AvgIpc) is 2.43. The third-order valence-electron chi connectivity index (χ3n) is 2.88. The Morgan fingerprint density at radius 2 is 1.79 bits per heavy atom. The van der Waals surface area contributed by atoms with Gasteiger partial charge in [0, 0.05) is 0 Å². The maximum Gasteiger partial charge on any atom is 0.238 e. The molecule has 0 unspecified atom stereocenters. The zero-order valence-electron chi connectivity index (χ0n) is 10.5. The van der Waals surface area contributed by atoms with Gasteiger partial charge in [-0.15, -0.1) is 0 Å². The normalized spacial score (nSPS) is 10.6. The topological polar surface area (TPSA) is 61.0 Å². The van der Waals surface area contributed by atoms with Crippen molar-refractivity contribution in [3.63, 3.8) is 0 Å². The first-order valence-electron chi connectivity index (χ1n) is 5.99. The summed E-state index contributed by atoms with van der Waals surface area (Å²) in [4.78, 5) is 8.72. The van der Waals surface area contributed by atoms with Crippen LogP contribution >= 0.6 is 0 Å². The van der Waals surface area contributed by atoms with Crippen LogP contribution in [0.5, 0.6) is 11.6 Å². The molecule has 19 heavy (non-hydrogen) atoms. The van der Waals surface area contributed by atoms with Crippen molar-refractivity contribution in [3.05, 3.63) is 54.2 Å². The minimum absolute atomic E-state index is 0.444. The van der Waals surface area contributed by atoms with Crippen LogP contribution in [-0.2, 0) is 0 Å². The predicted molar refractivity (Wildman–Crippen MR) is 75.2 cm³/mol. The number of hydrogen-bond donors (Lipinski definition) is 1. The third-order valence-corrected chi connectivity index (χ3v) is 2.88. The monoisotopic (exact) mass is 251 g/mol. The van der Waals surface area contributed by atoms with Crippen LogP contribution < -0.4 is 10.5 Å². The molecule has 0 bridgehead atoms. The molecule has 0 spiro atoms. The lowest BCUT2D eigenvalue weighted by atomic mass is 10.2. The van der Waals surface area contributed by atoms with Gasteiger partial charge in [-0.3, -0.25) is 0 Å². The number of nitrogen functional groups attached to an aromatic ring is 1. The Labute approximate surface area is 110 Å². The lowest BCUT2D eigenvalue weighted by molar-refractivity contribution is 0.461. The molecule has 0 atom stereocenters. The smallest absolute Gasteiger partial charge is 0.238 e. The van der Waals surface area contributed by atoms with Gasteiger partial charge in [0.05, 0.1) is 22.9 Å². The summed E-state index contributed by atoms with van der Waals surface area (Å²) in [6, 6.07) is 13.3. The first kappa shape index (κ1) is 11.5. The van der Waals surface area contributed by atoms with E-state index in [0.717, 1.165) is 16.6 Å². The largest absolute Gasteiger partial charge is 0.435 e. The van der Waals surface area contributed by atoms with Gasteiger partial charge < -0.3 is 10.5 Å². The van der Waals surface area contributed by atoms with E-state index in [1.54, 1.807) is 12.3 Å². The fourth-order valence-corrected chi connectivity index (χ4v) is 1.91. The predicted octanol–water partition coefficient (Wildman–Crippen LogP) is 3.31. The van der Waals surface area contributed by atoms with Crippen LogP contribution in [0.2, 0.25) is 0 Å². The molecule has 2 N–H and O–H groups in total. The fraction of sp³-hybridized carbons (Fsp3) is 0.0667. The standard InChI is InChI=1S/C15H13N3O/c1-10-5-4-6-11(16)15(10)19-14-9-17-12-7-2-3-8-13(12)18-14/h2-9H,16H2,1H3. The number of anilines is 1. The van der Waals surface area contributed by atoms with Crippen LogP contribution in [0.15, 0.2) is 48.7 Å². The summed E-state index contributed by atoms with van der Waals surface area (Å²) in [5, 5.41) is 0. The van der Waals surface area contributed by atoms with Crippen molar-refractivity contribution in [2.75, 3.05) is 5.73 Å². The molecule has 0 aliphatic carbocycles. The number of nitrogens with two attached hydrogens (primary N) is 1. The van der Waals surface area contributed by atoms with Gasteiger partial charge in [0.1, 0.15) is 0 Å². The summed E-state index contributed by atoms with van der Waals surface area (Å²) < 4.78 is 5.75. The quantitative estimate of drug-likeness (QED) is 0.710. The maximum absolute atomic E-state index is 5.91. The molecule has 0 aliphatic rings. The van der Waals surface area contributed by atoms with Crippen molar-refractivity contribution in [1.29, 1.82) is 0 Å². The third kappa shape index (κ3) is 2.20. The Balaban J connectivity index is 2.01. The van der Waals surface area contributed by atoms with Gasteiger partial charge in [-0.25, -0.2) is 9.97 Å². The van der Waals surface area contributed by atoms with E-state index in [-0.39, 0.29) is 0 Å². The highest BCUT2D eigenvalue weighted by molar-refractivity contribution is 5.74. The summed E-state index contributed by atoms with van der Waals surface area (Å²) in [6.07, 6.45) is 1.61. The SMILES string of the molecule is Cc1cccc(N)c1Oc1cnc2ccccc2n1. The lowest BCUT2D eigenvalue weighted by Gasteiger charge is -2.10. The Morgan fingerprint density at radius 3 is 2.58 bits per heavy atom. The van der Waals surface area contributed by atoms with Crippen LogP contribution in [-0.4, -0.2) is 9.97 Å². The van der Waals surface area contributed by atoms with Crippen molar-refractivity contribution in [3.8, 4) is 11.6 Å². The van der Waals surface area contributed by atoms with Crippen molar-refractivity contribution in [2.45, 2.75) is 6.92 Å². The second kappa shape index (κ2) is 4.57. The molecule has 3 rings (SSSR count). The molecule has 3 aromatic rings. The van der Waals surface area contributed by atoms with E-state index >= 15 is 0 Å². The number of aromatic nitrogens is 2. The van der Waals surface area contributed by atoms with Crippen molar-refractivity contribution in [2.24, 2.45) is 0 Å². The molecule has 0 radical (unpaired) electrons. The lowest BCUT2D eigenvalue weighted by Crippen LogP contribution is -1.96. The highest BCUT2D eigenvalue weighted by Crippen LogP contribution is 2.30. The molecule has 4 nitrogen and oxygen atoms in total. The van der Waals surface area contributed by atoms with Crippen LogP contribution in [0.1, 0.15) is 5.56 Å². The number of ether oxygens (including phenoxy) is 1. The Hall–Kier alpha value is -2.62. The summed E-state index contributed by atoms with van der Waals surface area (Å²) in [5.41, 5.74) is 9.11. The van der Waals surface area contributed by atoms with Crippen LogP contribution in [0.25, 0.3) is 11.0 Å². The molecular weight excluding hydrogens is 238 g/mol. The van der Waals surface area contributed by atoms with E-state index in [4.69, 9.17) is 10.5 Å². The van der Waals surface area contributed by atoms with E-state index < -0.39 is 0 Å². The number of fused-ring (bicyclic) bond motifs is 1. The molecule has 1 aromatic heterocycles. The Bertz CT molecular complexity index is 720. The van der Waals surface area contributed by atoms with Gasteiger partial charge in [0.15, 0.2) is 5.75 Å². The number of rotatable bonds is 2.